The van der Waals surface area contributed by atoms with Gasteiger partial charge in [0.2, 0.25) is 0 Å². The van der Waals surface area contributed by atoms with Crippen LogP contribution in [-0.2, 0) is 6.18 Å². The third-order valence-corrected chi connectivity index (χ3v) is 5.08. The van der Waals surface area contributed by atoms with Gasteiger partial charge in [0.15, 0.2) is 0 Å². The average Bonchev–Trinajstić information content (AvgIpc) is 2.78. The smallest absolute Gasteiger partial charge is 0.398 e. The first-order valence-electron chi connectivity index (χ1n) is 9.82. The van der Waals surface area contributed by atoms with Gasteiger partial charge in [0.05, 0.1) is 5.56 Å². The Kier molecular flexibility index (Phi) is 5.63. The predicted molar refractivity (Wildman–Crippen MR) is 121 cm³/mol. The highest BCUT2D eigenvalue weighted by Gasteiger charge is 2.31. The van der Waals surface area contributed by atoms with Gasteiger partial charge in [0, 0.05) is 11.3 Å². The van der Waals surface area contributed by atoms with Gasteiger partial charge in [0.25, 0.3) is 0 Å². The van der Waals surface area contributed by atoms with Crippen LogP contribution in [0.3, 0.4) is 0 Å². The molecule has 4 heteroatoms. The van der Waals surface area contributed by atoms with Crippen molar-refractivity contribution in [1.29, 1.82) is 0 Å². The molecule has 0 bridgehead atoms. The zero-order valence-electron chi connectivity index (χ0n) is 16.6. The van der Waals surface area contributed by atoms with Gasteiger partial charge in [-0.15, -0.1) is 0 Å². The van der Waals surface area contributed by atoms with Gasteiger partial charge in [-0.1, -0.05) is 84.9 Å². The number of nitrogen functional groups attached to an aromatic ring is 1. The molecule has 0 aromatic heterocycles. The van der Waals surface area contributed by atoms with Crippen molar-refractivity contribution in [2.45, 2.75) is 6.18 Å². The van der Waals surface area contributed by atoms with Crippen LogP contribution in [-0.4, -0.2) is 0 Å². The summed E-state index contributed by atoms with van der Waals surface area (Å²) in [5.41, 5.74) is 10.3. The van der Waals surface area contributed by atoms with Crippen LogP contribution in [0, 0.1) is 0 Å². The first kappa shape index (κ1) is 20.5. The third-order valence-electron chi connectivity index (χ3n) is 5.08. The quantitative estimate of drug-likeness (QED) is 0.270. The Morgan fingerprint density at radius 1 is 0.677 bits per heavy atom. The predicted octanol–water partition coefficient (Wildman–Crippen LogP) is 7.54. The van der Waals surface area contributed by atoms with Crippen molar-refractivity contribution in [2.75, 3.05) is 5.73 Å². The molecule has 0 atom stereocenters. The Bertz CT molecular complexity index is 1210. The number of anilines is 1. The molecule has 0 aliphatic rings. The van der Waals surface area contributed by atoms with E-state index in [0.29, 0.717) is 22.4 Å². The van der Waals surface area contributed by atoms with Crippen molar-refractivity contribution in [3.05, 3.63) is 125 Å². The molecule has 0 unspecified atom stereocenters. The standard InChI is InChI=1S/C27H20F3N/c28-27(29,30)21-15-16-22(25(18-21)23-13-7-8-14-26(23)31)24(20-11-5-2-6-12-20)17-19-9-3-1-4-10-19/h1-18H,31H2/b24-17+. The molecule has 0 amide bonds. The van der Waals surface area contributed by atoms with Crippen LogP contribution in [0.15, 0.2) is 103 Å². The van der Waals surface area contributed by atoms with Crippen LogP contribution in [0.25, 0.3) is 22.8 Å². The average molecular weight is 415 g/mol. The van der Waals surface area contributed by atoms with Crippen molar-refractivity contribution in [1.82, 2.24) is 0 Å². The minimum absolute atomic E-state index is 0.426. The van der Waals surface area contributed by atoms with E-state index in [1.807, 2.05) is 66.7 Å². The Morgan fingerprint density at radius 2 is 1.29 bits per heavy atom. The zero-order valence-corrected chi connectivity index (χ0v) is 16.6. The van der Waals surface area contributed by atoms with E-state index in [4.69, 9.17) is 5.73 Å². The molecular weight excluding hydrogens is 395 g/mol. The number of rotatable bonds is 4. The fourth-order valence-corrected chi connectivity index (χ4v) is 3.57. The minimum atomic E-state index is -4.45. The lowest BCUT2D eigenvalue weighted by atomic mass is 9.87. The van der Waals surface area contributed by atoms with Gasteiger partial charge in [-0.05, 0) is 52.1 Å². The van der Waals surface area contributed by atoms with E-state index in [-0.39, 0.29) is 0 Å². The lowest BCUT2D eigenvalue weighted by Crippen LogP contribution is -2.06. The Labute approximate surface area is 179 Å². The zero-order chi connectivity index (χ0) is 21.8. The maximum absolute atomic E-state index is 13.5. The molecule has 0 heterocycles. The Hall–Kier alpha value is -3.79. The second-order valence-corrected chi connectivity index (χ2v) is 7.18. The fraction of sp³-hybridized carbons (Fsp3) is 0.0370. The summed E-state index contributed by atoms with van der Waals surface area (Å²) in [5, 5.41) is 0. The molecule has 2 N–H and O–H groups in total. The van der Waals surface area contributed by atoms with E-state index in [0.717, 1.165) is 22.8 Å². The number of benzene rings is 4. The van der Waals surface area contributed by atoms with E-state index >= 15 is 0 Å². The molecule has 0 saturated carbocycles. The van der Waals surface area contributed by atoms with E-state index in [1.165, 1.54) is 12.1 Å². The molecule has 0 fully saturated rings. The molecule has 0 spiro atoms. The van der Waals surface area contributed by atoms with E-state index < -0.39 is 11.7 Å². The summed E-state index contributed by atoms with van der Waals surface area (Å²) in [5.74, 6) is 0. The van der Waals surface area contributed by atoms with E-state index in [9.17, 15) is 13.2 Å². The van der Waals surface area contributed by atoms with Crippen molar-refractivity contribution < 1.29 is 13.2 Å². The van der Waals surface area contributed by atoms with E-state index in [1.54, 1.807) is 24.3 Å². The van der Waals surface area contributed by atoms with Crippen molar-refractivity contribution in [3.8, 4) is 11.1 Å². The number of nitrogens with two attached hydrogens (primary N) is 1. The van der Waals surface area contributed by atoms with Crippen molar-refractivity contribution >= 4 is 17.3 Å². The number of hydrogen-bond donors (Lipinski definition) is 1. The summed E-state index contributed by atoms with van der Waals surface area (Å²) in [6.07, 6.45) is -2.46. The molecule has 1 nitrogen and oxygen atoms in total. The largest absolute Gasteiger partial charge is 0.416 e. The first-order valence-corrected chi connectivity index (χ1v) is 9.82. The normalized spacial score (nSPS) is 12.0. The van der Waals surface area contributed by atoms with Gasteiger partial charge in [-0.25, -0.2) is 0 Å². The highest BCUT2D eigenvalue weighted by Crippen LogP contribution is 2.40. The van der Waals surface area contributed by atoms with Crippen LogP contribution in [0.4, 0.5) is 18.9 Å². The van der Waals surface area contributed by atoms with Crippen LogP contribution < -0.4 is 5.73 Å². The van der Waals surface area contributed by atoms with Crippen molar-refractivity contribution in [3.63, 3.8) is 0 Å². The van der Waals surface area contributed by atoms with Crippen molar-refractivity contribution in [2.24, 2.45) is 0 Å². The molecular formula is C27H20F3N. The minimum Gasteiger partial charge on any atom is -0.398 e. The number of halogens is 3. The molecule has 154 valence electrons. The second kappa shape index (κ2) is 8.52. The Morgan fingerprint density at radius 3 is 1.94 bits per heavy atom. The van der Waals surface area contributed by atoms with Gasteiger partial charge >= 0.3 is 6.18 Å². The van der Waals surface area contributed by atoms with Crippen LogP contribution in [0.5, 0.6) is 0 Å². The summed E-state index contributed by atoms with van der Waals surface area (Å²) in [6, 6.07) is 30.2. The molecule has 4 rings (SSSR count). The maximum atomic E-state index is 13.5. The summed E-state index contributed by atoms with van der Waals surface area (Å²) in [7, 11) is 0. The van der Waals surface area contributed by atoms with Gasteiger partial charge in [-0.2, -0.15) is 13.2 Å². The summed E-state index contributed by atoms with van der Waals surface area (Å²) in [6.45, 7) is 0. The fourth-order valence-electron chi connectivity index (χ4n) is 3.57. The molecule has 0 aliphatic heterocycles. The van der Waals surface area contributed by atoms with Crippen LogP contribution in [0.1, 0.15) is 22.3 Å². The van der Waals surface area contributed by atoms with Crippen LogP contribution >= 0.6 is 0 Å². The van der Waals surface area contributed by atoms with Gasteiger partial charge in [-0.3, -0.25) is 0 Å². The van der Waals surface area contributed by atoms with E-state index in [2.05, 4.69) is 0 Å². The molecule has 0 saturated heterocycles. The number of alkyl halides is 3. The molecule has 4 aromatic rings. The SMILES string of the molecule is Nc1ccccc1-c1cc(C(F)(F)F)ccc1/C(=C/c1ccccc1)c1ccccc1. The van der Waals surface area contributed by atoms with Gasteiger partial charge < -0.3 is 5.73 Å². The Balaban J connectivity index is 2.01. The molecule has 31 heavy (non-hydrogen) atoms. The number of para-hydroxylation sites is 1. The molecule has 0 radical (unpaired) electrons. The molecule has 4 aromatic carbocycles. The summed E-state index contributed by atoms with van der Waals surface area (Å²) in [4.78, 5) is 0. The highest BCUT2D eigenvalue weighted by atomic mass is 19.4. The topological polar surface area (TPSA) is 26.0 Å². The lowest BCUT2D eigenvalue weighted by molar-refractivity contribution is -0.137. The summed E-state index contributed by atoms with van der Waals surface area (Å²) >= 11 is 0. The maximum Gasteiger partial charge on any atom is 0.416 e. The third kappa shape index (κ3) is 4.53. The lowest BCUT2D eigenvalue weighted by Gasteiger charge is -2.18. The number of hydrogen-bond acceptors (Lipinski definition) is 1. The van der Waals surface area contributed by atoms with Gasteiger partial charge in [0.1, 0.15) is 0 Å². The first-order chi connectivity index (χ1) is 14.9. The molecule has 0 aliphatic carbocycles. The monoisotopic (exact) mass is 415 g/mol. The highest BCUT2D eigenvalue weighted by molar-refractivity contribution is 5.98. The second-order valence-electron chi connectivity index (χ2n) is 7.18. The summed E-state index contributed by atoms with van der Waals surface area (Å²) < 4.78 is 40.6. The van der Waals surface area contributed by atoms with Crippen LogP contribution in [0.2, 0.25) is 0 Å².